The minimum Gasteiger partial charge on any atom is -0.486 e. The van der Waals surface area contributed by atoms with Crippen LogP contribution in [0.3, 0.4) is 0 Å². The van der Waals surface area contributed by atoms with E-state index >= 15 is 0 Å². The van der Waals surface area contributed by atoms with Gasteiger partial charge in [0.15, 0.2) is 0 Å². The monoisotopic (exact) mass is 334 g/mol. The molecular formula is C16H19BrN2O. The fourth-order valence-electron chi connectivity index (χ4n) is 2.07. The second-order valence-corrected chi connectivity index (χ2v) is 5.81. The van der Waals surface area contributed by atoms with Gasteiger partial charge in [-0.2, -0.15) is 0 Å². The zero-order valence-corrected chi connectivity index (χ0v) is 13.6. The number of hydrazine groups is 1. The molecule has 3 nitrogen and oxygen atoms in total. The maximum absolute atomic E-state index is 6.00. The summed E-state index contributed by atoms with van der Waals surface area (Å²) in [5, 5.41) is 1.58. The second kappa shape index (κ2) is 6.29. The van der Waals surface area contributed by atoms with Crippen molar-refractivity contribution in [1.29, 1.82) is 0 Å². The lowest BCUT2D eigenvalue weighted by Gasteiger charge is -2.19. The average Bonchev–Trinajstić information content (AvgIpc) is 2.38. The van der Waals surface area contributed by atoms with Gasteiger partial charge in [-0.25, -0.2) is 5.84 Å². The standard InChI is InChI=1S/C16H19BrN2O/c1-11-5-4-6-15(19(3)18)16(11)20-10-13-7-8-14(17)9-12(13)2/h4-9H,10,18H2,1-3H3. The summed E-state index contributed by atoms with van der Waals surface area (Å²) >= 11 is 3.47. The van der Waals surface area contributed by atoms with Crippen LogP contribution in [-0.4, -0.2) is 7.05 Å². The highest BCUT2D eigenvalue weighted by Crippen LogP contribution is 2.31. The third kappa shape index (κ3) is 3.32. The maximum atomic E-state index is 6.00. The van der Waals surface area contributed by atoms with Crippen molar-refractivity contribution in [2.75, 3.05) is 12.1 Å². The first-order valence-corrected chi connectivity index (χ1v) is 7.24. The van der Waals surface area contributed by atoms with E-state index in [1.807, 2.05) is 38.2 Å². The summed E-state index contributed by atoms with van der Waals surface area (Å²) in [5.74, 6) is 6.68. The molecule has 2 aromatic rings. The number of aryl methyl sites for hydroxylation is 2. The van der Waals surface area contributed by atoms with Gasteiger partial charge in [0.25, 0.3) is 0 Å². The number of anilines is 1. The Morgan fingerprint density at radius 2 is 1.90 bits per heavy atom. The van der Waals surface area contributed by atoms with Crippen molar-refractivity contribution in [3.8, 4) is 5.75 Å². The molecule has 4 heteroatoms. The van der Waals surface area contributed by atoms with Gasteiger partial charge in [-0.1, -0.05) is 34.1 Å². The Morgan fingerprint density at radius 1 is 1.15 bits per heavy atom. The van der Waals surface area contributed by atoms with E-state index in [1.54, 1.807) is 5.01 Å². The molecule has 0 heterocycles. The smallest absolute Gasteiger partial charge is 0.147 e. The van der Waals surface area contributed by atoms with Crippen LogP contribution in [0.25, 0.3) is 0 Å². The highest BCUT2D eigenvalue weighted by atomic mass is 79.9. The summed E-state index contributed by atoms with van der Waals surface area (Å²) in [7, 11) is 1.81. The minimum atomic E-state index is 0.533. The predicted octanol–water partition coefficient (Wildman–Crippen LogP) is 3.95. The van der Waals surface area contributed by atoms with Gasteiger partial charge >= 0.3 is 0 Å². The summed E-state index contributed by atoms with van der Waals surface area (Å²) in [4.78, 5) is 0. The Bertz CT molecular complexity index is 611. The van der Waals surface area contributed by atoms with Crippen molar-refractivity contribution in [3.05, 3.63) is 57.6 Å². The first kappa shape index (κ1) is 14.9. The Hall–Kier alpha value is -1.52. The largest absolute Gasteiger partial charge is 0.486 e. The second-order valence-electron chi connectivity index (χ2n) is 4.89. The molecule has 0 atom stereocenters. The quantitative estimate of drug-likeness (QED) is 0.679. The van der Waals surface area contributed by atoms with Crippen molar-refractivity contribution in [1.82, 2.24) is 0 Å². The molecule has 0 aliphatic heterocycles. The maximum Gasteiger partial charge on any atom is 0.147 e. The number of nitrogens with zero attached hydrogens (tertiary/aromatic N) is 1. The molecule has 0 unspecified atom stereocenters. The van der Waals surface area contributed by atoms with Crippen molar-refractivity contribution in [3.63, 3.8) is 0 Å². The number of hydrogen-bond donors (Lipinski definition) is 1. The molecule has 0 fully saturated rings. The summed E-state index contributed by atoms with van der Waals surface area (Å²) < 4.78 is 7.08. The van der Waals surface area contributed by atoms with Crippen molar-refractivity contribution < 1.29 is 4.74 Å². The predicted molar refractivity (Wildman–Crippen MR) is 87.0 cm³/mol. The fourth-order valence-corrected chi connectivity index (χ4v) is 2.55. The van der Waals surface area contributed by atoms with Crippen molar-refractivity contribution >= 4 is 21.6 Å². The fraction of sp³-hybridized carbons (Fsp3) is 0.250. The van der Waals surface area contributed by atoms with E-state index in [-0.39, 0.29) is 0 Å². The Morgan fingerprint density at radius 3 is 2.55 bits per heavy atom. The number of nitrogens with two attached hydrogens (primary N) is 1. The molecule has 0 aliphatic rings. The number of halogens is 1. The lowest BCUT2D eigenvalue weighted by Crippen LogP contribution is -2.25. The lowest BCUT2D eigenvalue weighted by atomic mass is 10.1. The number of ether oxygens (including phenoxy) is 1. The molecular weight excluding hydrogens is 316 g/mol. The third-order valence-electron chi connectivity index (χ3n) is 3.25. The molecule has 2 aromatic carbocycles. The molecule has 0 saturated carbocycles. The number of rotatable bonds is 4. The van der Waals surface area contributed by atoms with E-state index < -0.39 is 0 Å². The Labute approximate surface area is 128 Å². The SMILES string of the molecule is Cc1cc(Br)ccc1COc1c(C)cccc1N(C)N. The van der Waals surface area contributed by atoms with Crippen LogP contribution in [0, 0.1) is 13.8 Å². The van der Waals surface area contributed by atoms with Crippen LogP contribution in [0.1, 0.15) is 16.7 Å². The van der Waals surface area contributed by atoms with Gasteiger partial charge in [0.1, 0.15) is 12.4 Å². The van der Waals surface area contributed by atoms with Crippen LogP contribution in [0.4, 0.5) is 5.69 Å². The average molecular weight is 335 g/mol. The van der Waals surface area contributed by atoms with Gasteiger partial charge in [-0.05, 0) is 48.7 Å². The summed E-state index contributed by atoms with van der Waals surface area (Å²) in [5.41, 5.74) is 4.34. The molecule has 0 amide bonds. The lowest BCUT2D eigenvalue weighted by molar-refractivity contribution is 0.304. The molecule has 0 radical (unpaired) electrons. The first-order chi connectivity index (χ1) is 9.49. The van der Waals surface area contributed by atoms with Crippen LogP contribution in [0.2, 0.25) is 0 Å². The molecule has 0 aliphatic carbocycles. The van der Waals surface area contributed by atoms with Gasteiger partial charge in [-0.15, -0.1) is 0 Å². The van der Waals surface area contributed by atoms with Crippen molar-refractivity contribution in [2.24, 2.45) is 5.84 Å². The molecule has 0 spiro atoms. The van der Waals surface area contributed by atoms with Gasteiger partial charge in [0.2, 0.25) is 0 Å². The summed E-state index contributed by atoms with van der Waals surface area (Å²) in [6.45, 7) is 4.64. The summed E-state index contributed by atoms with van der Waals surface area (Å²) in [6.07, 6.45) is 0. The zero-order valence-electron chi connectivity index (χ0n) is 12.0. The van der Waals surface area contributed by atoms with Gasteiger partial charge in [0.05, 0.1) is 5.69 Å². The van der Waals surface area contributed by atoms with E-state index in [1.165, 1.54) is 11.1 Å². The Kier molecular flexibility index (Phi) is 4.68. The van der Waals surface area contributed by atoms with Crippen LogP contribution in [-0.2, 0) is 6.61 Å². The first-order valence-electron chi connectivity index (χ1n) is 6.45. The normalized spacial score (nSPS) is 10.4. The van der Waals surface area contributed by atoms with E-state index in [4.69, 9.17) is 10.6 Å². The van der Waals surface area contributed by atoms with Crippen LogP contribution < -0.4 is 15.6 Å². The van der Waals surface area contributed by atoms with E-state index in [0.29, 0.717) is 6.61 Å². The number of para-hydroxylation sites is 1. The van der Waals surface area contributed by atoms with Gasteiger partial charge < -0.3 is 9.75 Å². The summed E-state index contributed by atoms with van der Waals surface area (Å²) in [6, 6.07) is 12.1. The number of hydrogen-bond acceptors (Lipinski definition) is 3. The molecule has 20 heavy (non-hydrogen) atoms. The molecule has 0 bridgehead atoms. The third-order valence-corrected chi connectivity index (χ3v) is 3.74. The topological polar surface area (TPSA) is 38.5 Å². The van der Waals surface area contributed by atoms with Crippen molar-refractivity contribution in [2.45, 2.75) is 20.5 Å². The van der Waals surface area contributed by atoms with Gasteiger partial charge in [-0.3, -0.25) is 0 Å². The molecule has 2 N–H and O–H groups in total. The molecule has 106 valence electrons. The molecule has 0 aromatic heterocycles. The van der Waals surface area contributed by atoms with E-state index in [2.05, 4.69) is 35.0 Å². The van der Waals surface area contributed by atoms with Crippen LogP contribution in [0.15, 0.2) is 40.9 Å². The van der Waals surface area contributed by atoms with Crippen LogP contribution in [0.5, 0.6) is 5.75 Å². The highest BCUT2D eigenvalue weighted by Gasteiger charge is 2.10. The van der Waals surface area contributed by atoms with Gasteiger partial charge in [0, 0.05) is 11.5 Å². The van der Waals surface area contributed by atoms with E-state index in [9.17, 15) is 0 Å². The highest BCUT2D eigenvalue weighted by molar-refractivity contribution is 9.10. The Balaban J connectivity index is 2.23. The van der Waals surface area contributed by atoms with E-state index in [0.717, 1.165) is 21.5 Å². The van der Waals surface area contributed by atoms with Crippen LogP contribution >= 0.6 is 15.9 Å². The minimum absolute atomic E-state index is 0.533. The zero-order chi connectivity index (χ0) is 14.7. The molecule has 2 rings (SSSR count). The molecule has 0 saturated heterocycles. The number of benzene rings is 2.